The second kappa shape index (κ2) is 3.56. The van der Waals surface area contributed by atoms with Gasteiger partial charge in [-0.1, -0.05) is 0 Å². The van der Waals surface area contributed by atoms with Gasteiger partial charge in [0.25, 0.3) is 5.78 Å². The lowest BCUT2D eigenvalue weighted by atomic mass is 10.2. The average Bonchev–Trinajstić information content (AvgIpc) is 2.44. The normalized spacial score (nSPS) is 12.1. The minimum Gasteiger partial charge on any atom is -0.383 e. The van der Waals surface area contributed by atoms with E-state index in [-0.39, 0.29) is 11.9 Å². The molecule has 0 spiro atoms. The summed E-state index contributed by atoms with van der Waals surface area (Å²) in [5.41, 5.74) is 4.78. The first-order chi connectivity index (χ1) is 6.75. The fourth-order valence-corrected chi connectivity index (χ4v) is 1.11. The van der Waals surface area contributed by atoms with E-state index in [9.17, 15) is 18.0 Å². The predicted octanol–water partition coefficient (Wildman–Crippen LogP) is 1.79. The standard InChI is InChI=1S/C8H10F3N3O/c1-4(2)14-7(12)5(3-13-14)6(15)8(9,10)11/h3-4H,12H2,1-2H3. The van der Waals surface area contributed by atoms with Crippen LogP contribution < -0.4 is 5.73 Å². The first-order valence-electron chi connectivity index (χ1n) is 4.19. The molecule has 1 heterocycles. The van der Waals surface area contributed by atoms with Crippen molar-refractivity contribution in [2.45, 2.75) is 26.1 Å². The van der Waals surface area contributed by atoms with Crippen LogP contribution in [0.4, 0.5) is 19.0 Å². The van der Waals surface area contributed by atoms with E-state index in [1.54, 1.807) is 13.8 Å². The van der Waals surface area contributed by atoms with Gasteiger partial charge in [-0.3, -0.25) is 4.79 Å². The Hall–Kier alpha value is -1.53. The molecule has 0 aromatic carbocycles. The van der Waals surface area contributed by atoms with Crippen LogP contribution in [0.3, 0.4) is 0 Å². The lowest BCUT2D eigenvalue weighted by molar-refractivity contribution is -0.0884. The number of nitrogens with two attached hydrogens (primary N) is 1. The smallest absolute Gasteiger partial charge is 0.383 e. The van der Waals surface area contributed by atoms with E-state index in [0.29, 0.717) is 0 Å². The SMILES string of the molecule is CC(C)n1ncc(C(=O)C(F)(F)F)c1N. The predicted molar refractivity (Wildman–Crippen MR) is 47.4 cm³/mol. The number of alkyl halides is 3. The number of rotatable bonds is 2. The third kappa shape index (κ3) is 2.11. The molecule has 0 amide bonds. The van der Waals surface area contributed by atoms with Crippen molar-refractivity contribution in [1.29, 1.82) is 0 Å². The van der Waals surface area contributed by atoms with Gasteiger partial charge in [0.2, 0.25) is 0 Å². The Kier molecular flexibility index (Phi) is 2.74. The van der Waals surface area contributed by atoms with Crippen LogP contribution in [-0.4, -0.2) is 21.7 Å². The molecule has 7 heteroatoms. The molecule has 0 aliphatic heterocycles. The highest BCUT2D eigenvalue weighted by Crippen LogP contribution is 2.25. The Morgan fingerprint density at radius 3 is 2.40 bits per heavy atom. The fourth-order valence-electron chi connectivity index (χ4n) is 1.11. The zero-order valence-electron chi connectivity index (χ0n) is 8.17. The van der Waals surface area contributed by atoms with Gasteiger partial charge in [0.05, 0.1) is 11.8 Å². The first-order valence-corrected chi connectivity index (χ1v) is 4.19. The summed E-state index contributed by atoms with van der Waals surface area (Å²) in [7, 11) is 0. The Morgan fingerprint density at radius 1 is 1.53 bits per heavy atom. The van der Waals surface area contributed by atoms with E-state index in [4.69, 9.17) is 5.73 Å². The summed E-state index contributed by atoms with van der Waals surface area (Å²) in [5.74, 6) is -2.22. The largest absolute Gasteiger partial charge is 0.455 e. The maximum atomic E-state index is 12.1. The maximum absolute atomic E-state index is 12.1. The van der Waals surface area contributed by atoms with Crippen molar-refractivity contribution >= 4 is 11.6 Å². The Bertz CT molecular complexity index is 381. The number of anilines is 1. The summed E-state index contributed by atoms with van der Waals surface area (Å²) in [6.07, 6.45) is -4.08. The third-order valence-electron chi connectivity index (χ3n) is 1.83. The number of nitrogen functional groups attached to an aromatic ring is 1. The summed E-state index contributed by atoms with van der Waals surface area (Å²) >= 11 is 0. The van der Waals surface area contributed by atoms with Crippen molar-refractivity contribution in [3.8, 4) is 0 Å². The number of ketones is 1. The molecule has 2 N–H and O–H groups in total. The number of halogens is 3. The number of Topliss-reactive ketones (excluding diaryl/α,β-unsaturated/α-hetero) is 1. The van der Waals surface area contributed by atoms with Crippen LogP contribution in [0.1, 0.15) is 30.2 Å². The fraction of sp³-hybridized carbons (Fsp3) is 0.500. The van der Waals surface area contributed by atoms with E-state index in [2.05, 4.69) is 5.10 Å². The zero-order valence-corrected chi connectivity index (χ0v) is 8.17. The number of hydrogen-bond acceptors (Lipinski definition) is 3. The molecule has 0 atom stereocenters. The highest BCUT2D eigenvalue weighted by molar-refractivity contribution is 6.03. The topological polar surface area (TPSA) is 60.9 Å². The number of hydrogen-bond donors (Lipinski definition) is 1. The summed E-state index contributed by atoms with van der Waals surface area (Å²) < 4.78 is 37.4. The summed E-state index contributed by atoms with van der Waals surface area (Å²) in [4.78, 5) is 10.9. The van der Waals surface area contributed by atoms with Crippen LogP contribution in [0.5, 0.6) is 0 Å². The Balaban J connectivity index is 3.13. The molecule has 0 fully saturated rings. The lowest BCUT2D eigenvalue weighted by Crippen LogP contribution is -2.23. The molecule has 4 nitrogen and oxygen atoms in total. The third-order valence-corrected chi connectivity index (χ3v) is 1.83. The van der Waals surface area contributed by atoms with Crippen LogP contribution >= 0.6 is 0 Å². The molecule has 0 bridgehead atoms. The van der Waals surface area contributed by atoms with Crippen molar-refractivity contribution in [3.63, 3.8) is 0 Å². The molecular weight excluding hydrogens is 211 g/mol. The number of aromatic nitrogens is 2. The van der Waals surface area contributed by atoms with Gasteiger partial charge in [-0.2, -0.15) is 18.3 Å². The van der Waals surface area contributed by atoms with Gasteiger partial charge in [0.1, 0.15) is 5.82 Å². The van der Waals surface area contributed by atoms with E-state index in [1.165, 1.54) is 4.68 Å². The summed E-state index contributed by atoms with van der Waals surface area (Å²) in [5, 5.41) is 3.62. The van der Waals surface area contributed by atoms with E-state index in [1.807, 2.05) is 0 Å². The molecule has 15 heavy (non-hydrogen) atoms. The minimum atomic E-state index is -4.92. The lowest BCUT2D eigenvalue weighted by Gasteiger charge is -2.08. The molecule has 0 radical (unpaired) electrons. The first kappa shape index (κ1) is 11.5. The minimum absolute atomic E-state index is 0.195. The van der Waals surface area contributed by atoms with E-state index < -0.39 is 17.5 Å². The van der Waals surface area contributed by atoms with Crippen molar-refractivity contribution in [1.82, 2.24) is 9.78 Å². The van der Waals surface area contributed by atoms with Gasteiger partial charge in [-0.15, -0.1) is 0 Å². The second-order valence-corrected chi connectivity index (χ2v) is 3.31. The monoisotopic (exact) mass is 221 g/mol. The van der Waals surface area contributed by atoms with E-state index in [0.717, 1.165) is 6.20 Å². The average molecular weight is 221 g/mol. The molecule has 0 saturated carbocycles. The second-order valence-electron chi connectivity index (χ2n) is 3.31. The van der Waals surface area contributed by atoms with Crippen LogP contribution in [0, 0.1) is 0 Å². The molecule has 1 aromatic heterocycles. The molecule has 0 aliphatic rings. The van der Waals surface area contributed by atoms with Crippen molar-refractivity contribution < 1.29 is 18.0 Å². The molecular formula is C8H10F3N3O. The number of carbonyl (C=O) groups is 1. The van der Waals surface area contributed by atoms with Crippen molar-refractivity contribution in [2.24, 2.45) is 0 Å². The van der Waals surface area contributed by atoms with Crippen LogP contribution in [0.15, 0.2) is 6.20 Å². The summed E-state index contributed by atoms with van der Waals surface area (Å²) in [6.45, 7) is 3.40. The molecule has 84 valence electrons. The quantitative estimate of drug-likeness (QED) is 0.774. The molecule has 0 saturated heterocycles. The van der Waals surface area contributed by atoms with E-state index >= 15 is 0 Å². The molecule has 1 rings (SSSR count). The Labute approximate surface area is 83.9 Å². The maximum Gasteiger partial charge on any atom is 0.455 e. The highest BCUT2D eigenvalue weighted by Gasteiger charge is 2.41. The van der Waals surface area contributed by atoms with Gasteiger partial charge >= 0.3 is 6.18 Å². The molecule has 0 unspecified atom stereocenters. The zero-order chi connectivity index (χ0) is 11.8. The van der Waals surface area contributed by atoms with Crippen molar-refractivity contribution in [2.75, 3.05) is 5.73 Å². The molecule has 1 aromatic rings. The van der Waals surface area contributed by atoms with Crippen molar-refractivity contribution in [3.05, 3.63) is 11.8 Å². The van der Waals surface area contributed by atoms with Gasteiger partial charge in [-0.25, -0.2) is 4.68 Å². The molecule has 0 aliphatic carbocycles. The van der Waals surface area contributed by atoms with Gasteiger partial charge in [0, 0.05) is 6.04 Å². The number of nitrogens with zero attached hydrogens (tertiary/aromatic N) is 2. The van der Waals surface area contributed by atoms with Crippen LogP contribution in [-0.2, 0) is 0 Å². The number of carbonyl (C=O) groups excluding carboxylic acids is 1. The van der Waals surface area contributed by atoms with Crippen LogP contribution in [0.25, 0.3) is 0 Å². The van der Waals surface area contributed by atoms with Crippen LogP contribution in [0.2, 0.25) is 0 Å². The highest BCUT2D eigenvalue weighted by atomic mass is 19.4. The van der Waals surface area contributed by atoms with Gasteiger partial charge < -0.3 is 5.73 Å². The summed E-state index contributed by atoms with van der Waals surface area (Å²) in [6, 6.07) is -0.195. The van der Waals surface area contributed by atoms with Gasteiger partial charge in [-0.05, 0) is 13.8 Å². The van der Waals surface area contributed by atoms with Gasteiger partial charge in [0.15, 0.2) is 0 Å². The Morgan fingerprint density at radius 2 is 2.07 bits per heavy atom.